The van der Waals surface area contributed by atoms with Crippen LogP contribution in [0.15, 0.2) is 53.0 Å². The molecule has 0 saturated carbocycles. The van der Waals surface area contributed by atoms with E-state index in [1.54, 1.807) is 25.1 Å². The maximum Gasteiger partial charge on any atom is 0.331 e. The molecule has 8 nitrogen and oxygen atoms in total. The lowest BCUT2D eigenvalue weighted by Gasteiger charge is -2.08. The molecule has 2 aromatic carbocycles. The maximum atomic E-state index is 11.9. The third-order valence-electron chi connectivity index (χ3n) is 3.38. The van der Waals surface area contributed by atoms with E-state index in [-0.39, 0.29) is 11.4 Å². The average molecular weight is 449 g/mol. The first kappa shape index (κ1) is 21.1. The highest BCUT2D eigenvalue weighted by molar-refractivity contribution is 9.10. The molecule has 0 fully saturated rings. The predicted octanol–water partition coefficient (Wildman–Crippen LogP) is 3.95. The Morgan fingerprint density at radius 1 is 1.21 bits per heavy atom. The molecule has 9 heteroatoms. The number of anilines is 1. The number of nitrogens with one attached hydrogen (secondary N) is 1. The third-order valence-corrected chi connectivity index (χ3v) is 3.91. The van der Waals surface area contributed by atoms with Crippen LogP contribution >= 0.6 is 15.9 Å². The van der Waals surface area contributed by atoms with Crippen molar-refractivity contribution in [2.45, 2.75) is 6.92 Å². The second-order valence-corrected chi connectivity index (χ2v) is 6.33. The number of carbonyl (C=O) groups is 2. The van der Waals surface area contributed by atoms with Crippen LogP contribution in [0.5, 0.6) is 5.75 Å². The lowest BCUT2D eigenvalue weighted by atomic mass is 10.2. The van der Waals surface area contributed by atoms with Gasteiger partial charge < -0.3 is 14.8 Å². The van der Waals surface area contributed by atoms with Gasteiger partial charge in [0, 0.05) is 10.5 Å². The number of nitro benzene ring substituents is 1. The van der Waals surface area contributed by atoms with Crippen molar-refractivity contribution in [1.82, 2.24) is 0 Å². The number of ether oxygens (including phenoxy) is 2. The minimum atomic E-state index is -0.709. The smallest absolute Gasteiger partial charge is 0.331 e. The van der Waals surface area contributed by atoms with E-state index in [9.17, 15) is 19.7 Å². The van der Waals surface area contributed by atoms with E-state index >= 15 is 0 Å². The van der Waals surface area contributed by atoms with E-state index < -0.39 is 23.4 Å². The van der Waals surface area contributed by atoms with Crippen molar-refractivity contribution >= 4 is 45.3 Å². The van der Waals surface area contributed by atoms with Gasteiger partial charge in [0.1, 0.15) is 11.4 Å². The van der Waals surface area contributed by atoms with Crippen molar-refractivity contribution in [3.05, 3.63) is 68.7 Å². The van der Waals surface area contributed by atoms with E-state index in [1.807, 2.05) is 12.1 Å². The normalized spacial score (nSPS) is 10.5. The van der Waals surface area contributed by atoms with E-state index in [0.717, 1.165) is 10.0 Å². The van der Waals surface area contributed by atoms with Gasteiger partial charge in [-0.05, 0) is 42.8 Å². The van der Waals surface area contributed by atoms with E-state index in [1.165, 1.54) is 24.3 Å². The summed E-state index contributed by atoms with van der Waals surface area (Å²) in [5.41, 5.74) is 0.454. The highest BCUT2D eigenvalue weighted by atomic mass is 79.9. The van der Waals surface area contributed by atoms with Crippen LogP contribution in [0.3, 0.4) is 0 Å². The molecule has 0 unspecified atom stereocenters. The number of esters is 1. The second-order valence-electron chi connectivity index (χ2n) is 5.41. The summed E-state index contributed by atoms with van der Waals surface area (Å²) in [5.74, 6) is -1.09. The Hall–Kier alpha value is -3.20. The van der Waals surface area contributed by atoms with Gasteiger partial charge in [-0.15, -0.1) is 0 Å². The molecule has 2 aromatic rings. The van der Waals surface area contributed by atoms with Gasteiger partial charge in [0.2, 0.25) is 0 Å². The van der Waals surface area contributed by atoms with Crippen LogP contribution in [0, 0.1) is 10.1 Å². The van der Waals surface area contributed by atoms with Crippen molar-refractivity contribution < 1.29 is 24.0 Å². The van der Waals surface area contributed by atoms with Crippen LogP contribution < -0.4 is 10.1 Å². The number of hydrogen-bond donors (Lipinski definition) is 1. The molecule has 0 aliphatic carbocycles. The van der Waals surface area contributed by atoms with Crippen molar-refractivity contribution in [2.75, 3.05) is 18.5 Å². The fourth-order valence-electron chi connectivity index (χ4n) is 2.13. The average Bonchev–Trinajstić information content (AvgIpc) is 2.67. The monoisotopic (exact) mass is 448 g/mol. The molecule has 0 atom stereocenters. The SMILES string of the molecule is CCOc1ccc(NC(=O)COC(=O)/C=C/c2ccc(Br)cc2)c([N+](=O)[O-])c1. The first-order chi connectivity index (χ1) is 13.4. The quantitative estimate of drug-likeness (QED) is 0.283. The molecular weight excluding hydrogens is 432 g/mol. The first-order valence-electron chi connectivity index (χ1n) is 8.20. The number of hydrogen-bond acceptors (Lipinski definition) is 6. The molecule has 1 N–H and O–H groups in total. The van der Waals surface area contributed by atoms with Gasteiger partial charge in [-0.2, -0.15) is 0 Å². The molecular formula is C19H17BrN2O6. The highest BCUT2D eigenvalue weighted by Gasteiger charge is 2.18. The lowest BCUT2D eigenvalue weighted by Crippen LogP contribution is -2.20. The Morgan fingerprint density at radius 2 is 1.93 bits per heavy atom. The molecule has 28 heavy (non-hydrogen) atoms. The van der Waals surface area contributed by atoms with Crippen LogP contribution in [0.25, 0.3) is 6.08 Å². The molecule has 146 valence electrons. The predicted molar refractivity (Wildman–Crippen MR) is 107 cm³/mol. The summed E-state index contributed by atoms with van der Waals surface area (Å²) in [6, 6.07) is 11.3. The van der Waals surface area contributed by atoms with Gasteiger partial charge in [-0.25, -0.2) is 4.79 Å². The Kier molecular flexibility index (Phi) is 7.70. The summed E-state index contributed by atoms with van der Waals surface area (Å²) in [6.07, 6.45) is 2.74. The van der Waals surface area contributed by atoms with Crippen molar-refractivity contribution in [3.63, 3.8) is 0 Å². The van der Waals surface area contributed by atoms with Gasteiger partial charge in [0.05, 0.1) is 17.6 Å². The summed E-state index contributed by atoms with van der Waals surface area (Å²) in [6.45, 7) is 1.53. The minimum absolute atomic E-state index is 0.0140. The first-order valence-corrected chi connectivity index (χ1v) is 9.00. The van der Waals surface area contributed by atoms with Gasteiger partial charge >= 0.3 is 5.97 Å². The number of amides is 1. The molecule has 0 aromatic heterocycles. The number of nitro groups is 1. The number of benzene rings is 2. The zero-order valence-electron chi connectivity index (χ0n) is 14.9. The van der Waals surface area contributed by atoms with Crippen LogP contribution in [0.2, 0.25) is 0 Å². The summed E-state index contributed by atoms with van der Waals surface area (Å²) >= 11 is 3.31. The second kappa shape index (κ2) is 10.2. The van der Waals surface area contributed by atoms with Gasteiger partial charge in [0.15, 0.2) is 6.61 Å². The topological polar surface area (TPSA) is 108 Å². The van der Waals surface area contributed by atoms with Crippen LogP contribution in [-0.4, -0.2) is 30.0 Å². The van der Waals surface area contributed by atoms with Gasteiger partial charge in [0.25, 0.3) is 11.6 Å². The number of rotatable bonds is 8. The lowest BCUT2D eigenvalue weighted by molar-refractivity contribution is -0.384. The zero-order valence-corrected chi connectivity index (χ0v) is 16.5. The van der Waals surface area contributed by atoms with E-state index in [4.69, 9.17) is 9.47 Å². The molecule has 0 bridgehead atoms. The molecule has 2 rings (SSSR count). The molecule has 0 saturated heterocycles. The summed E-state index contributed by atoms with van der Waals surface area (Å²) < 4.78 is 11.0. The van der Waals surface area contributed by atoms with Crippen LogP contribution in [0.4, 0.5) is 11.4 Å². The number of nitrogens with zero attached hydrogens (tertiary/aromatic N) is 1. The summed E-state index contributed by atoms with van der Waals surface area (Å²) in [4.78, 5) is 34.2. The number of halogens is 1. The summed E-state index contributed by atoms with van der Waals surface area (Å²) in [7, 11) is 0. The van der Waals surface area contributed by atoms with E-state index in [2.05, 4.69) is 21.2 Å². The largest absolute Gasteiger partial charge is 0.494 e. The van der Waals surface area contributed by atoms with Crippen molar-refractivity contribution in [3.8, 4) is 5.75 Å². The van der Waals surface area contributed by atoms with Gasteiger partial charge in [-0.1, -0.05) is 28.1 Å². The minimum Gasteiger partial charge on any atom is -0.494 e. The molecule has 0 spiro atoms. The molecule has 1 amide bonds. The number of carbonyl (C=O) groups excluding carboxylic acids is 2. The third kappa shape index (κ3) is 6.51. The standard InChI is InChI=1S/C19H17BrN2O6/c1-2-27-15-8-9-16(17(11-15)22(25)26)21-18(23)12-28-19(24)10-5-13-3-6-14(20)7-4-13/h3-11H,2,12H2,1H3,(H,21,23)/b10-5+. The maximum absolute atomic E-state index is 11.9. The van der Waals surface area contributed by atoms with E-state index in [0.29, 0.717) is 12.4 Å². The molecule has 0 aliphatic heterocycles. The van der Waals surface area contributed by atoms with Crippen LogP contribution in [-0.2, 0) is 14.3 Å². The fourth-order valence-corrected chi connectivity index (χ4v) is 2.40. The molecule has 0 aliphatic rings. The van der Waals surface area contributed by atoms with Gasteiger partial charge in [-0.3, -0.25) is 14.9 Å². The highest BCUT2D eigenvalue weighted by Crippen LogP contribution is 2.29. The molecule has 0 heterocycles. The van der Waals surface area contributed by atoms with Crippen LogP contribution in [0.1, 0.15) is 12.5 Å². The Morgan fingerprint density at radius 3 is 2.57 bits per heavy atom. The Labute approximate surface area is 169 Å². The Balaban J connectivity index is 1.92. The zero-order chi connectivity index (χ0) is 20.5. The Bertz CT molecular complexity index is 896. The summed E-state index contributed by atoms with van der Waals surface area (Å²) in [5, 5.41) is 13.5. The molecule has 0 radical (unpaired) electrons. The van der Waals surface area contributed by atoms with Crippen molar-refractivity contribution in [1.29, 1.82) is 0 Å². The fraction of sp³-hybridized carbons (Fsp3) is 0.158. The van der Waals surface area contributed by atoms with Crippen molar-refractivity contribution in [2.24, 2.45) is 0 Å².